The molecule has 0 spiro atoms. The van der Waals surface area contributed by atoms with Gasteiger partial charge < -0.3 is 0 Å². The van der Waals surface area contributed by atoms with Crippen molar-refractivity contribution in [3.63, 3.8) is 0 Å². The van der Waals surface area contributed by atoms with Crippen LogP contribution < -0.4 is 5.56 Å². The molecule has 0 fully saturated rings. The molecule has 0 aliphatic rings. The second kappa shape index (κ2) is 5.97. The number of aromatic amines is 1. The van der Waals surface area contributed by atoms with Crippen molar-refractivity contribution in [2.45, 2.75) is 12.1 Å². The molecule has 3 aromatic rings. The minimum absolute atomic E-state index is 0.159. The minimum Gasteiger partial charge on any atom is -0.291 e. The number of rotatable bonds is 4. The fourth-order valence-electron chi connectivity index (χ4n) is 2.03. The number of thioether (sulfide) groups is 1. The zero-order valence-corrected chi connectivity index (χ0v) is 12.3. The number of nitrogens with one attached hydrogen (secondary N) is 1. The Hall–Kier alpha value is -2.34. The van der Waals surface area contributed by atoms with E-state index < -0.39 is 0 Å². The average molecular weight is 298 g/mol. The molecular weight excluding hydrogens is 284 g/mol. The molecule has 5 nitrogen and oxygen atoms in total. The van der Waals surface area contributed by atoms with E-state index in [9.17, 15) is 4.79 Å². The van der Waals surface area contributed by atoms with Gasteiger partial charge in [-0.1, -0.05) is 54.2 Å². The maximum absolute atomic E-state index is 11.4. The summed E-state index contributed by atoms with van der Waals surface area (Å²) >= 11 is 1.58. The lowest BCUT2D eigenvalue weighted by Gasteiger charge is -2.00. The van der Waals surface area contributed by atoms with Gasteiger partial charge in [-0.25, -0.2) is 0 Å². The summed E-state index contributed by atoms with van der Waals surface area (Å²) in [7, 11) is 0. The number of aromatic nitrogens is 4. The lowest BCUT2D eigenvalue weighted by molar-refractivity contribution is 0.888. The molecule has 0 unspecified atom stereocenters. The summed E-state index contributed by atoms with van der Waals surface area (Å²) in [5.74, 6) is 1.27. The van der Waals surface area contributed by atoms with E-state index in [1.165, 1.54) is 5.56 Å². The number of hydrogen-bond donors (Lipinski definition) is 1. The van der Waals surface area contributed by atoms with Gasteiger partial charge in [-0.3, -0.25) is 14.2 Å². The zero-order valence-electron chi connectivity index (χ0n) is 11.5. The summed E-state index contributed by atoms with van der Waals surface area (Å²) < 4.78 is 1.85. The van der Waals surface area contributed by atoms with Gasteiger partial charge in [0.15, 0.2) is 5.16 Å². The van der Waals surface area contributed by atoms with Gasteiger partial charge in [0, 0.05) is 17.5 Å². The second-order valence-corrected chi connectivity index (χ2v) is 5.53. The van der Waals surface area contributed by atoms with Crippen molar-refractivity contribution >= 4 is 23.6 Å². The van der Waals surface area contributed by atoms with Crippen LogP contribution in [0.5, 0.6) is 0 Å². The highest BCUT2D eigenvalue weighted by Crippen LogP contribution is 2.17. The van der Waals surface area contributed by atoms with Crippen LogP contribution in [0.4, 0.5) is 0 Å². The van der Waals surface area contributed by atoms with Crippen molar-refractivity contribution in [2.75, 3.05) is 5.75 Å². The molecule has 6 heteroatoms. The van der Waals surface area contributed by atoms with Gasteiger partial charge in [0.1, 0.15) is 0 Å². The molecule has 106 valence electrons. The number of benzene rings is 1. The first-order chi connectivity index (χ1) is 10.2. The largest absolute Gasteiger partial charge is 0.291 e. The number of aryl methyl sites for hydroxylation is 1. The van der Waals surface area contributed by atoms with Crippen LogP contribution in [0.25, 0.3) is 11.9 Å². The van der Waals surface area contributed by atoms with Gasteiger partial charge >= 0.3 is 0 Å². The van der Waals surface area contributed by atoms with Gasteiger partial charge in [-0.05, 0) is 12.5 Å². The van der Waals surface area contributed by atoms with Crippen LogP contribution in [-0.4, -0.2) is 25.3 Å². The SMILES string of the molecule is Cc1cc(=O)[nH]c2nnc(SCC=Cc3ccccc3)n12. The standard InChI is InChI=1S/C15H14N4OS/c1-11-10-13(20)16-14-17-18-15(19(11)14)21-9-5-8-12-6-3-2-4-7-12/h2-8,10H,9H2,1H3,(H,16,17,20). The third-order valence-electron chi connectivity index (χ3n) is 2.98. The summed E-state index contributed by atoms with van der Waals surface area (Å²) in [5.41, 5.74) is 1.84. The molecular formula is C15H14N4OS. The molecule has 1 aromatic carbocycles. The van der Waals surface area contributed by atoms with Gasteiger partial charge in [0.05, 0.1) is 0 Å². The monoisotopic (exact) mass is 298 g/mol. The van der Waals surface area contributed by atoms with E-state index in [0.717, 1.165) is 16.6 Å². The molecule has 3 rings (SSSR count). The highest BCUT2D eigenvalue weighted by molar-refractivity contribution is 7.99. The average Bonchev–Trinajstić information content (AvgIpc) is 2.88. The lowest BCUT2D eigenvalue weighted by Crippen LogP contribution is -2.09. The fraction of sp³-hybridized carbons (Fsp3) is 0.133. The smallest absolute Gasteiger partial charge is 0.252 e. The Morgan fingerprint density at radius 3 is 2.90 bits per heavy atom. The van der Waals surface area contributed by atoms with E-state index in [1.54, 1.807) is 17.8 Å². The minimum atomic E-state index is -0.159. The fourth-order valence-corrected chi connectivity index (χ4v) is 2.83. The number of H-pyrrole nitrogens is 1. The topological polar surface area (TPSA) is 63.0 Å². The molecule has 0 atom stereocenters. The van der Waals surface area contributed by atoms with Crippen LogP contribution in [0.15, 0.2) is 52.4 Å². The van der Waals surface area contributed by atoms with Crippen LogP contribution in [-0.2, 0) is 0 Å². The van der Waals surface area contributed by atoms with Crippen molar-refractivity contribution in [3.8, 4) is 0 Å². The normalized spacial score (nSPS) is 11.5. The summed E-state index contributed by atoms with van der Waals surface area (Å²) in [6, 6.07) is 11.7. The molecule has 0 saturated heterocycles. The van der Waals surface area contributed by atoms with E-state index >= 15 is 0 Å². The maximum Gasteiger partial charge on any atom is 0.252 e. The highest BCUT2D eigenvalue weighted by atomic mass is 32.2. The van der Waals surface area contributed by atoms with Crippen molar-refractivity contribution in [1.29, 1.82) is 0 Å². The van der Waals surface area contributed by atoms with Crippen molar-refractivity contribution in [2.24, 2.45) is 0 Å². The maximum atomic E-state index is 11.4. The van der Waals surface area contributed by atoms with Crippen molar-refractivity contribution in [3.05, 3.63) is 64.1 Å². The Kier molecular flexibility index (Phi) is 3.87. The van der Waals surface area contributed by atoms with Gasteiger partial charge in [-0.2, -0.15) is 0 Å². The molecule has 1 N–H and O–H groups in total. The Balaban J connectivity index is 1.74. The molecule has 0 amide bonds. The molecule has 0 saturated carbocycles. The summed E-state index contributed by atoms with van der Waals surface area (Å²) in [4.78, 5) is 14.0. The number of nitrogens with zero attached hydrogens (tertiary/aromatic N) is 3. The van der Waals surface area contributed by atoms with Crippen LogP contribution >= 0.6 is 11.8 Å². The van der Waals surface area contributed by atoms with E-state index in [0.29, 0.717) is 5.78 Å². The van der Waals surface area contributed by atoms with Gasteiger partial charge in [0.25, 0.3) is 5.56 Å². The zero-order chi connectivity index (χ0) is 14.7. The molecule has 0 aliphatic heterocycles. The van der Waals surface area contributed by atoms with E-state index in [1.807, 2.05) is 29.5 Å². The summed E-state index contributed by atoms with van der Waals surface area (Å²) in [6.45, 7) is 1.87. The van der Waals surface area contributed by atoms with Crippen LogP contribution in [0.2, 0.25) is 0 Å². The Labute approximate surface area is 125 Å². The quantitative estimate of drug-likeness (QED) is 0.752. The van der Waals surface area contributed by atoms with Gasteiger partial charge in [0.2, 0.25) is 5.78 Å². The first-order valence-corrected chi connectivity index (χ1v) is 7.52. The van der Waals surface area contributed by atoms with Crippen LogP contribution in [0.1, 0.15) is 11.3 Å². The third-order valence-corrected chi connectivity index (χ3v) is 3.86. The highest BCUT2D eigenvalue weighted by Gasteiger charge is 2.08. The number of fused-ring (bicyclic) bond motifs is 1. The number of hydrogen-bond acceptors (Lipinski definition) is 4. The third kappa shape index (κ3) is 3.05. The Morgan fingerprint density at radius 2 is 2.10 bits per heavy atom. The molecule has 21 heavy (non-hydrogen) atoms. The van der Waals surface area contributed by atoms with Crippen molar-refractivity contribution in [1.82, 2.24) is 19.6 Å². The van der Waals surface area contributed by atoms with Crippen molar-refractivity contribution < 1.29 is 0 Å². The van der Waals surface area contributed by atoms with E-state index in [4.69, 9.17) is 0 Å². The molecule has 2 aromatic heterocycles. The lowest BCUT2D eigenvalue weighted by atomic mass is 10.2. The summed E-state index contributed by atoms with van der Waals surface area (Å²) in [6.07, 6.45) is 4.16. The van der Waals surface area contributed by atoms with Crippen LogP contribution in [0, 0.1) is 6.92 Å². The Morgan fingerprint density at radius 1 is 1.29 bits per heavy atom. The first kappa shape index (κ1) is 13.6. The molecule has 0 radical (unpaired) electrons. The van der Waals surface area contributed by atoms with E-state index in [-0.39, 0.29) is 5.56 Å². The Bertz CT molecular complexity index is 836. The van der Waals surface area contributed by atoms with Gasteiger partial charge in [-0.15, -0.1) is 10.2 Å². The van der Waals surface area contributed by atoms with E-state index in [2.05, 4.69) is 39.5 Å². The predicted octanol–water partition coefficient (Wildman–Crippen LogP) is 2.53. The summed E-state index contributed by atoms with van der Waals surface area (Å²) in [5, 5.41) is 8.88. The predicted molar refractivity (Wildman–Crippen MR) is 84.5 cm³/mol. The van der Waals surface area contributed by atoms with Crippen LogP contribution in [0.3, 0.4) is 0 Å². The second-order valence-electron chi connectivity index (χ2n) is 4.54. The molecule has 2 heterocycles. The molecule has 0 bridgehead atoms. The molecule has 0 aliphatic carbocycles. The first-order valence-electron chi connectivity index (χ1n) is 6.53.